The molecule has 1 heteroatoms. The summed E-state index contributed by atoms with van der Waals surface area (Å²) < 4.78 is 6.49. The first-order chi connectivity index (χ1) is 21.3. The van der Waals surface area contributed by atoms with Crippen LogP contribution in [-0.4, -0.2) is 0 Å². The maximum atomic E-state index is 6.49. The van der Waals surface area contributed by atoms with Crippen molar-refractivity contribution in [2.24, 2.45) is 0 Å². The molecule has 43 heavy (non-hydrogen) atoms. The van der Waals surface area contributed by atoms with Gasteiger partial charge in [0.05, 0.1) is 0 Å². The summed E-state index contributed by atoms with van der Waals surface area (Å²) in [7, 11) is 0. The van der Waals surface area contributed by atoms with Crippen LogP contribution in [0.25, 0.3) is 87.6 Å². The molecule has 0 saturated carbocycles. The van der Waals surface area contributed by atoms with E-state index in [1.807, 2.05) is 0 Å². The minimum absolute atomic E-state index is 0.906. The van der Waals surface area contributed by atoms with Gasteiger partial charge in [-0.1, -0.05) is 127 Å². The molecule has 0 N–H and O–H groups in total. The van der Waals surface area contributed by atoms with E-state index < -0.39 is 0 Å². The van der Waals surface area contributed by atoms with Gasteiger partial charge in [0.1, 0.15) is 11.2 Å². The Morgan fingerprint density at radius 2 is 0.837 bits per heavy atom. The van der Waals surface area contributed by atoms with Gasteiger partial charge in [0.25, 0.3) is 0 Å². The average molecular weight is 547 g/mol. The van der Waals surface area contributed by atoms with Crippen LogP contribution in [0.2, 0.25) is 0 Å². The van der Waals surface area contributed by atoms with Gasteiger partial charge in [-0.3, -0.25) is 0 Å². The maximum Gasteiger partial charge on any atom is 0.136 e. The van der Waals surface area contributed by atoms with Crippen LogP contribution in [0, 0.1) is 0 Å². The molecule has 1 nitrogen and oxygen atoms in total. The van der Waals surface area contributed by atoms with Crippen LogP contribution < -0.4 is 0 Å². The van der Waals surface area contributed by atoms with Crippen LogP contribution in [0.5, 0.6) is 0 Å². The Labute approximate surface area is 249 Å². The van der Waals surface area contributed by atoms with Gasteiger partial charge >= 0.3 is 0 Å². The van der Waals surface area contributed by atoms with Gasteiger partial charge in [0.15, 0.2) is 0 Å². The third-order valence-electron chi connectivity index (χ3n) is 8.84. The molecule has 8 aromatic carbocycles. The molecule has 0 spiro atoms. The van der Waals surface area contributed by atoms with Gasteiger partial charge in [-0.05, 0) is 96.0 Å². The van der Waals surface area contributed by atoms with E-state index in [1.165, 1.54) is 60.1 Å². The minimum atomic E-state index is 0.906. The zero-order valence-corrected chi connectivity index (χ0v) is 23.4. The molecule has 0 aliphatic rings. The molecule has 9 aromatic rings. The molecule has 0 atom stereocenters. The highest BCUT2D eigenvalue weighted by Crippen LogP contribution is 2.44. The number of furan rings is 1. The van der Waals surface area contributed by atoms with E-state index in [1.54, 1.807) is 0 Å². The predicted octanol–water partition coefficient (Wildman–Crippen LogP) is 12.0. The lowest BCUT2D eigenvalue weighted by Gasteiger charge is -2.17. The summed E-state index contributed by atoms with van der Waals surface area (Å²) in [5.74, 6) is 0. The lowest BCUT2D eigenvalue weighted by atomic mass is 9.86. The second-order valence-electron chi connectivity index (χ2n) is 11.3. The fourth-order valence-electron chi connectivity index (χ4n) is 6.84. The SMILES string of the molecule is c1ccc(-c2c3ccccc3c(-c3ccc4c(c3)oc3ccc(-c5ccc6ccccc6c5)cc34)c3ccccc23)cc1. The first kappa shape index (κ1) is 24.0. The Hall–Kier alpha value is -5.66. The summed E-state index contributed by atoms with van der Waals surface area (Å²) in [6.07, 6.45) is 0. The molecule has 0 bridgehead atoms. The second-order valence-corrected chi connectivity index (χ2v) is 11.3. The smallest absolute Gasteiger partial charge is 0.136 e. The standard InChI is InChI=1S/C42H26O/c1-2-11-28(12-3-1)41-34-14-6-8-16-36(34)42(37-17-9-7-15-35(37)41)32-20-22-33-38-25-31(21-23-39(38)43-40(33)26-32)30-19-18-27-10-4-5-13-29(27)24-30/h1-26H. The lowest BCUT2D eigenvalue weighted by Crippen LogP contribution is -1.90. The van der Waals surface area contributed by atoms with Gasteiger partial charge in [-0.15, -0.1) is 0 Å². The van der Waals surface area contributed by atoms with E-state index in [0.29, 0.717) is 0 Å². The third kappa shape index (κ3) is 3.79. The number of hydrogen-bond acceptors (Lipinski definition) is 1. The van der Waals surface area contributed by atoms with Crippen molar-refractivity contribution < 1.29 is 4.42 Å². The number of rotatable bonds is 3. The number of fused-ring (bicyclic) bond motifs is 6. The zero-order chi connectivity index (χ0) is 28.3. The van der Waals surface area contributed by atoms with Crippen molar-refractivity contribution in [1.29, 1.82) is 0 Å². The fourth-order valence-corrected chi connectivity index (χ4v) is 6.84. The fraction of sp³-hybridized carbons (Fsp3) is 0. The average Bonchev–Trinajstić information content (AvgIpc) is 3.44. The quantitative estimate of drug-likeness (QED) is 0.201. The Kier molecular flexibility index (Phi) is 5.27. The van der Waals surface area contributed by atoms with E-state index in [9.17, 15) is 0 Å². The maximum absolute atomic E-state index is 6.49. The highest BCUT2D eigenvalue weighted by Gasteiger charge is 2.17. The molecule has 0 radical (unpaired) electrons. The molecule has 0 unspecified atom stereocenters. The van der Waals surface area contributed by atoms with Crippen molar-refractivity contribution in [3.05, 3.63) is 158 Å². The summed E-state index contributed by atoms with van der Waals surface area (Å²) in [6.45, 7) is 0. The van der Waals surface area contributed by atoms with Crippen molar-refractivity contribution in [2.75, 3.05) is 0 Å². The van der Waals surface area contributed by atoms with Gasteiger partial charge in [0, 0.05) is 10.8 Å². The highest BCUT2D eigenvalue weighted by molar-refractivity contribution is 6.22. The molecule has 1 heterocycles. The van der Waals surface area contributed by atoms with Crippen molar-refractivity contribution >= 4 is 54.3 Å². The summed E-state index contributed by atoms with van der Waals surface area (Å²) >= 11 is 0. The first-order valence-corrected chi connectivity index (χ1v) is 14.8. The van der Waals surface area contributed by atoms with Crippen LogP contribution >= 0.6 is 0 Å². The highest BCUT2D eigenvalue weighted by atomic mass is 16.3. The van der Waals surface area contributed by atoms with Crippen LogP contribution in [-0.2, 0) is 0 Å². The van der Waals surface area contributed by atoms with Crippen LogP contribution in [0.15, 0.2) is 162 Å². The molecule has 0 aliphatic carbocycles. The summed E-state index contributed by atoms with van der Waals surface area (Å²) in [5, 5.41) is 9.78. The molecule has 200 valence electrons. The van der Waals surface area contributed by atoms with Crippen molar-refractivity contribution in [2.45, 2.75) is 0 Å². The van der Waals surface area contributed by atoms with E-state index in [4.69, 9.17) is 4.42 Å². The minimum Gasteiger partial charge on any atom is -0.456 e. The van der Waals surface area contributed by atoms with Gasteiger partial charge < -0.3 is 4.42 Å². The molecule has 1 aromatic heterocycles. The molecule has 0 amide bonds. The van der Waals surface area contributed by atoms with E-state index >= 15 is 0 Å². The molecular formula is C42H26O. The van der Waals surface area contributed by atoms with Crippen molar-refractivity contribution in [3.8, 4) is 33.4 Å². The predicted molar refractivity (Wildman–Crippen MR) is 183 cm³/mol. The lowest BCUT2D eigenvalue weighted by molar-refractivity contribution is 0.669. The summed E-state index contributed by atoms with van der Waals surface area (Å²) in [5.41, 5.74) is 9.13. The van der Waals surface area contributed by atoms with Crippen LogP contribution in [0.3, 0.4) is 0 Å². The topological polar surface area (TPSA) is 13.1 Å². The van der Waals surface area contributed by atoms with Crippen molar-refractivity contribution in [3.63, 3.8) is 0 Å². The molecule has 0 fully saturated rings. The number of benzene rings is 8. The van der Waals surface area contributed by atoms with Crippen LogP contribution in [0.1, 0.15) is 0 Å². The summed E-state index contributed by atoms with van der Waals surface area (Å²) in [4.78, 5) is 0. The second kappa shape index (κ2) is 9.44. The molecular weight excluding hydrogens is 520 g/mol. The largest absolute Gasteiger partial charge is 0.456 e. The Morgan fingerprint density at radius 3 is 1.56 bits per heavy atom. The van der Waals surface area contributed by atoms with Gasteiger partial charge in [-0.25, -0.2) is 0 Å². The summed E-state index contributed by atoms with van der Waals surface area (Å²) in [6, 6.07) is 56.8. The molecule has 0 saturated heterocycles. The first-order valence-electron chi connectivity index (χ1n) is 14.8. The van der Waals surface area contributed by atoms with E-state index in [2.05, 4.69) is 158 Å². The monoisotopic (exact) mass is 546 g/mol. The Bertz CT molecular complexity index is 2440. The molecule has 9 rings (SSSR count). The normalized spacial score (nSPS) is 11.7. The molecule has 0 aliphatic heterocycles. The van der Waals surface area contributed by atoms with Gasteiger partial charge in [0.2, 0.25) is 0 Å². The zero-order valence-electron chi connectivity index (χ0n) is 23.4. The Balaban J connectivity index is 1.25. The third-order valence-corrected chi connectivity index (χ3v) is 8.84. The Morgan fingerprint density at radius 1 is 0.279 bits per heavy atom. The van der Waals surface area contributed by atoms with Crippen molar-refractivity contribution in [1.82, 2.24) is 0 Å². The van der Waals surface area contributed by atoms with Gasteiger partial charge in [-0.2, -0.15) is 0 Å². The van der Waals surface area contributed by atoms with Crippen LogP contribution in [0.4, 0.5) is 0 Å². The van der Waals surface area contributed by atoms with E-state index in [-0.39, 0.29) is 0 Å². The van der Waals surface area contributed by atoms with E-state index in [0.717, 1.165) is 27.5 Å². The number of hydrogen-bond donors (Lipinski definition) is 0.